The molecule has 100 valence electrons. The number of hydrogen-bond donors (Lipinski definition) is 0. The first-order chi connectivity index (χ1) is 9.13. The SMILES string of the molecule is C=CC(F)(F)C(OCc1ccccc1)c1cccs1. The highest BCUT2D eigenvalue weighted by molar-refractivity contribution is 7.10. The number of ether oxygens (including phenoxy) is 1. The van der Waals surface area contributed by atoms with E-state index < -0.39 is 12.0 Å². The van der Waals surface area contributed by atoms with Gasteiger partial charge in [0, 0.05) is 4.88 Å². The summed E-state index contributed by atoms with van der Waals surface area (Å²) in [5.74, 6) is -3.08. The van der Waals surface area contributed by atoms with Gasteiger partial charge in [-0.15, -0.1) is 11.3 Å². The van der Waals surface area contributed by atoms with Gasteiger partial charge in [-0.25, -0.2) is 0 Å². The van der Waals surface area contributed by atoms with Crippen LogP contribution in [0.4, 0.5) is 8.78 Å². The van der Waals surface area contributed by atoms with Crippen molar-refractivity contribution in [2.75, 3.05) is 0 Å². The molecule has 0 radical (unpaired) electrons. The van der Waals surface area contributed by atoms with Crippen LogP contribution in [0.15, 0.2) is 60.5 Å². The van der Waals surface area contributed by atoms with Gasteiger partial charge in [0.05, 0.1) is 6.61 Å². The number of benzene rings is 1. The van der Waals surface area contributed by atoms with Crippen molar-refractivity contribution in [1.29, 1.82) is 0 Å². The van der Waals surface area contributed by atoms with E-state index >= 15 is 0 Å². The molecule has 0 bridgehead atoms. The van der Waals surface area contributed by atoms with Gasteiger partial charge in [-0.05, 0) is 23.1 Å². The third kappa shape index (κ3) is 3.49. The van der Waals surface area contributed by atoms with E-state index in [1.165, 1.54) is 11.3 Å². The Bertz CT molecular complexity index is 508. The largest absolute Gasteiger partial charge is 0.361 e. The van der Waals surface area contributed by atoms with Gasteiger partial charge in [-0.1, -0.05) is 43.0 Å². The van der Waals surface area contributed by atoms with Crippen LogP contribution >= 0.6 is 11.3 Å². The third-order valence-electron chi connectivity index (χ3n) is 2.68. The van der Waals surface area contributed by atoms with E-state index in [1.54, 1.807) is 17.5 Å². The molecule has 1 aromatic heterocycles. The van der Waals surface area contributed by atoms with E-state index in [9.17, 15) is 8.78 Å². The summed E-state index contributed by atoms with van der Waals surface area (Å²) < 4.78 is 33.1. The van der Waals surface area contributed by atoms with E-state index in [0.717, 1.165) is 5.56 Å². The first-order valence-corrected chi connectivity index (χ1v) is 6.72. The predicted molar refractivity (Wildman–Crippen MR) is 73.4 cm³/mol. The lowest BCUT2D eigenvalue weighted by molar-refractivity contribution is -0.113. The molecular weight excluding hydrogens is 266 g/mol. The Balaban J connectivity index is 2.13. The van der Waals surface area contributed by atoms with Crippen LogP contribution in [-0.4, -0.2) is 5.92 Å². The molecule has 0 spiro atoms. The molecule has 0 fully saturated rings. The van der Waals surface area contributed by atoms with Gasteiger partial charge in [0.15, 0.2) is 6.10 Å². The first kappa shape index (κ1) is 13.9. The van der Waals surface area contributed by atoms with Crippen molar-refractivity contribution in [3.05, 3.63) is 70.9 Å². The van der Waals surface area contributed by atoms with Crippen molar-refractivity contribution in [3.8, 4) is 0 Å². The average Bonchev–Trinajstić information content (AvgIpc) is 2.94. The zero-order valence-electron chi connectivity index (χ0n) is 10.3. The lowest BCUT2D eigenvalue weighted by atomic mass is 10.1. The van der Waals surface area contributed by atoms with E-state index in [-0.39, 0.29) is 6.61 Å². The minimum atomic E-state index is -3.08. The fourth-order valence-corrected chi connectivity index (χ4v) is 2.50. The van der Waals surface area contributed by atoms with Gasteiger partial charge in [-0.3, -0.25) is 0 Å². The Morgan fingerprint density at radius 1 is 1.21 bits per heavy atom. The van der Waals surface area contributed by atoms with Gasteiger partial charge in [-0.2, -0.15) is 8.78 Å². The summed E-state index contributed by atoms with van der Waals surface area (Å²) in [4.78, 5) is 0.501. The van der Waals surface area contributed by atoms with Crippen molar-refractivity contribution in [2.45, 2.75) is 18.6 Å². The van der Waals surface area contributed by atoms with Crippen LogP contribution in [0.1, 0.15) is 16.5 Å². The zero-order chi connectivity index (χ0) is 13.7. The van der Waals surface area contributed by atoms with Crippen LogP contribution in [0.2, 0.25) is 0 Å². The minimum Gasteiger partial charge on any atom is -0.361 e. The lowest BCUT2D eigenvalue weighted by Gasteiger charge is -2.23. The number of alkyl halides is 2. The van der Waals surface area contributed by atoms with Crippen molar-refractivity contribution in [1.82, 2.24) is 0 Å². The summed E-state index contributed by atoms with van der Waals surface area (Å²) in [5, 5.41) is 1.76. The molecule has 4 heteroatoms. The summed E-state index contributed by atoms with van der Waals surface area (Å²) >= 11 is 1.26. The molecule has 2 aromatic rings. The molecule has 1 atom stereocenters. The van der Waals surface area contributed by atoms with Crippen LogP contribution in [0.5, 0.6) is 0 Å². The maximum absolute atomic E-state index is 13.8. The molecule has 1 nitrogen and oxygen atoms in total. The third-order valence-corrected chi connectivity index (χ3v) is 3.60. The number of hydrogen-bond acceptors (Lipinski definition) is 2. The second kappa shape index (κ2) is 6.08. The van der Waals surface area contributed by atoms with Gasteiger partial charge in [0.25, 0.3) is 5.92 Å². The van der Waals surface area contributed by atoms with Gasteiger partial charge < -0.3 is 4.74 Å². The minimum absolute atomic E-state index is 0.146. The Labute approximate surface area is 115 Å². The summed E-state index contributed by atoms with van der Waals surface area (Å²) in [6.07, 6.45) is -0.646. The van der Waals surface area contributed by atoms with Crippen molar-refractivity contribution in [2.24, 2.45) is 0 Å². The molecule has 2 rings (SSSR count). The Hall–Kier alpha value is -1.52. The molecule has 0 amide bonds. The topological polar surface area (TPSA) is 9.23 Å². The smallest absolute Gasteiger partial charge is 0.296 e. The molecule has 19 heavy (non-hydrogen) atoms. The van der Waals surface area contributed by atoms with Crippen LogP contribution in [0.3, 0.4) is 0 Å². The van der Waals surface area contributed by atoms with E-state index in [1.807, 2.05) is 30.3 Å². The Kier molecular flexibility index (Phi) is 4.45. The highest BCUT2D eigenvalue weighted by Crippen LogP contribution is 2.38. The summed E-state index contributed by atoms with van der Waals surface area (Å²) in [6.45, 7) is 3.34. The predicted octanol–water partition coefficient (Wildman–Crippen LogP) is 4.83. The van der Waals surface area contributed by atoms with Gasteiger partial charge in [0.1, 0.15) is 0 Å². The molecule has 0 saturated heterocycles. The fraction of sp³-hybridized carbons (Fsp3) is 0.200. The van der Waals surface area contributed by atoms with Gasteiger partial charge in [0.2, 0.25) is 0 Å². The maximum Gasteiger partial charge on any atom is 0.296 e. The van der Waals surface area contributed by atoms with Crippen molar-refractivity contribution >= 4 is 11.3 Å². The monoisotopic (exact) mass is 280 g/mol. The normalized spacial score (nSPS) is 13.2. The molecule has 0 aliphatic carbocycles. The molecule has 0 saturated carbocycles. The number of rotatable bonds is 6. The van der Waals surface area contributed by atoms with Crippen LogP contribution in [0.25, 0.3) is 0 Å². The molecule has 0 aliphatic heterocycles. The number of thiophene rings is 1. The van der Waals surface area contributed by atoms with E-state index in [4.69, 9.17) is 4.74 Å². The van der Waals surface area contributed by atoms with E-state index in [2.05, 4.69) is 6.58 Å². The summed E-state index contributed by atoms with van der Waals surface area (Å²) in [5.41, 5.74) is 0.865. The molecular formula is C15H14F2OS. The Morgan fingerprint density at radius 2 is 1.95 bits per heavy atom. The molecule has 0 N–H and O–H groups in total. The second-order valence-corrected chi connectivity index (χ2v) is 5.05. The Morgan fingerprint density at radius 3 is 2.53 bits per heavy atom. The summed E-state index contributed by atoms with van der Waals surface area (Å²) in [6, 6.07) is 12.7. The number of halogens is 2. The van der Waals surface area contributed by atoms with Crippen LogP contribution in [-0.2, 0) is 11.3 Å². The highest BCUT2D eigenvalue weighted by atomic mass is 32.1. The van der Waals surface area contributed by atoms with Crippen LogP contribution < -0.4 is 0 Å². The molecule has 1 unspecified atom stereocenters. The van der Waals surface area contributed by atoms with E-state index in [0.29, 0.717) is 11.0 Å². The standard InChI is InChI=1S/C15H14F2OS/c1-2-15(16,17)14(13-9-6-10-19-13)18-11-12-7-4-3-5-8-12/h2-10,14H,1,11H2. The zero-order valence-corrected chi connectivity index (χ0v) is 11.1. The quantitative estimate of drug-likeness (QED) is 0.689. The second-order valence-electron chi connectivity index (χ2n) is 4.07. The molecule has 1 aromatic carbocycles. The fourth-order valence-electron chi connectivity index (χ4n) is 1.68. The summed E-state index contributed by atoms with van der Waals surface area (Å²) in [7, 11) is 0. The first-order valence-electron chi connectivity index (χ1n) is 5.84. The highest BCUT2D eigenvalue weighted by Gasteiger charge is 2.39. The van der Waals surface area contributed by atoms with Crippen molar-refractivity contribution < 1.29 is 13.5 Å². The molecule has 1 heterocycles. The van der Waals surface area contributed by atoms with Crippen molar-refractivity contribution in [3.63, 3.8) is 0 Å². The molecule has 0 aliphatic rings. The van der Waals surface area contributed by atoms with Crippen LogP contribution in [0, 0.1) is 0 Å². The average molecular weight is 280 g/mol. The maximum atomic E-state index is 13.8. The lowest BCUT2D eigenvalue weighted by Crippen LogP contribution is -2.25. The van der Waals surface area contributed by atoms with Gasteiger partial charge >= 0.3 is 0 Å².